The maximum atomic E-state index is 12.3. The molecule has 2 atom stereocenters. The number of hydrogen-bond donors (Lipinski definition) is 2. The van der Waals surface area contributed by atoms with Crippen LogP contribution in [0.5, 0.6) is 0 Å². The summed E-state index contributed by atoms with van der Waals surface area (Å²) < 4.78 is 0. The van der Waals surface area contributed by atoms with E-state index < -0.39 is 0 Å². The van der Waals surface area contributed by atoms with Gasteiger partial charge in [-0.05, 0) is 32.1 Å². The van der Waals surface area contributed by atoms with Crippen molar-refractivity contribution in [3.05, 3.63) is 0 Å². The fourth-order valence-electron chi connectivity index (χ4n) is 2.44. The van der Waals surface area contributed by atoms with Crippen molar-refractivity contribution in [1.29, 1.82) is 0 Å². The smallest absolute Gasteiger partial charge is 0.227 e. The van der Waals surface area contributed by atoms with Crippen molar-refractivity contribution in [2.45, 2.75) is 44.8 Å². The fraction of sp³-hybridized carbons (Fsp3) is 0.923. The molecule has 1 heterocycles. The van der Waals surface area contributed by atoms with Crippen molar-refractivity contribution >= 4 is 17.7 Å². The zero-order valence-electron chi connectivity index (χ0n) is 11.3. The van der Waals surface area contributed by atoms with E-state index in [-0.39, 0.29) is 11.3 Å². The Bertz CT molecular complexity index is 240. The van der Waals surface area contributed by atoms with Gasteiger partial charge in [-0.1, -0.05) is 20.3 Å². The van der Waals surface area contributed by atoms with Crippen LogP contribution in [0.15, 0.2) is 0 Å². The molecule has 0 aromatic rings. The van der Waals surface area contributed by atoms with Gasteiger partial charge in [-0.25, -0.2) is 0 Å². The molecule has 0 radical (unpaired) electrons. The van der Waals surface area contributed by atoms with Crippen LogP contribution in [0.4, 0.5) is 0 Å². The number of carbonyl (C=O) groups is 1. The summed E-state index contributed by atoms with van der Waals surface area (Å²) in [6.07, 6.45) is 6.25. The molecule has 0 aromatic heterocycles. The monoisotopic (exact) mass is 258 g/mol. The van der Waals surface area contributed by atoms with E-state index >= 15 is 0 Å². The molecule has 100 valence electrons. The van der Waals surface area contributed by atoms with E-state index in [0.717, 1.165) is 45.3 Å². The van der Waals surface area contributed by atoms with Crippen LogP contribution in [-0.2, 0) is 4.79 Å². The Morgan fingerprint density at radius 1 is 1.59 bits per heavy atom. The van der Waals surface area contributed by atoms with E-state index in [9.17, 15) is 4.79 Å². The zero-order valence-corrected chi connectivity index (χ0v) is 12.2. The summed E-state index contributed by atoms with van der Waals surface area (Å²) in [5, 5.41) is 7.07. The minimum absolute atomic E-state index is 0.128. The summed E-state index contributed by atoms with van der Waals surface area (Å²) >= 11 is 1.85. The molecule has 1 amide bonds. The highest BCUT2D eigenvalue weighted by Gasteiger charge is 2.39. The first-order chi connectivity index (χ1) is 8.14. The third kappa shape index (κ3) is 4.18. The first-order valence-electron chi connectivity index (χ1n) is 6.66. The summed E-state index contributed by atoms with van der Waals surface area (Å²) in [6, 6.07) is 0. The number of thioether (sulfide) groups is 1. The van der Waals surface area contributed by atoms with Gasteiger partial charge in [0.05, 0.1) is 5.41 Å². The molecule has 0 aliphatic carbocycles. The summed E-state index contributed by atoms with van der Waals surface area (Å²) in [6.45, 7) is 7.00. The van der Waals surface area contributed by atoms with Gasteiger partial charge in [0, 0.05) is 18.3 Å². The van der Waals surface area contributed by atoms with Gasteiger partial charge >= 0.3 is 0 Å². The van der Waals surface area contributed by atoms with E-state index in [1.165, 1.54) is 0 Å². The SMILES string of the molecule is CCCC1(C(=O)NCCC(C)SC)CCNC1. The molecule has 1 fully saturated rings. The minimum Gasteiger partial charge on any atom is -0.356 e. The lowest BCUT2D eigenvalue weighted by Gasteiger charge is -2.26. The molecule has 0 spiro atoms. The van der Waals surface area contributed by atoms with Crippen molar-refractivity contribution < 1.29 is 4.79 Å². The van der Waals surface area contributed by atoms with Crippen LogP contribution in [-0.4, -0.2) is 37.0 Å². The van der Waals surface area contributed by atoms with Crippen LogP contribution in [0.3, 0.4) is 0 Å². The second-order valence-electron chi connectivity index (χ2n) is 5.05. The van der Waals surface area contributed by atoms with Crippen molar-refractivity contribution in [3.8, 4) is 0 Å². The fourth-order valence-corrected chi connectivity index (χ4v) is 2.79. The molecular formula is C13H26N2OS. The van der Waals surface area contributed by atoms with E-state index in [0.29, 0.717) is 5.25 Å². The normalized spacial score (nSPS) is 25.8. The first-order valence-corrected chi connectivity index (χ1v) is 7.95. The van der Waals surface area contributed by atoms with Gasteiger partial charge in [-0.15, -0.1) is 0 Å². The minimum atomic E-state index is -0.128. The van der Waals surface area contributed by atoms with Gasteiger partial charge in [-0.3, -0.25) is 4.79 Å². The third-order valence-electron chi connectivity index (χ3n) is 3.69. The third-order valence-corrected chi connectivity index (χ3v) is 4.73. The maximum Gasteiger partial charge on any atom is 0.227 e. The maximum absolute atomic E-state index is 12.3. The summed E-state index contributed by atoms with van der Waals surface area (Å²) in [5.41, 5.74) is -0.128. The second kappa shape index (κ2) is 7.27. The lowest BCUT2D eigenvalue weighted by Crippen LogP contribution is -2.43. The number of rotatable bonds is 7. The molecule has 2 unspecified atom stereocenters. The van der Waals surface area contributed by atoms with Crippen molar-refractivity contribution in [1.82, 2.24) is 10.6 Å². The average Bonchev–Trinajstić information content (AvgIpc) is 2.79. The zero-order chi connectivity index (χ0) is 12.7. The Balaban J connectivity index is 2.38. The van der Waals surface area contributed by atoms with Gasteiger partial charge in [0.1, 0.15) is 0 Å². The van der Waals surface area contributed by atoms with Crippen LogP contribution >= 0.6 is 11.8 Å². The van der Waals surface area contributed by atoms with Gasteiger partial charge in [0.2, 0.25) is 5.91 Å². The van der Waals surface area contributed by atoms with Crippen LogP contribution in [0.2, 0.25) is 0 Å². The highest BCUT2D eigenvalue weighted by molar-refractivity contribution is 7.99. The number of hydrogen-bond acceptors (Lipinski definition) is 3. The lowest BCUT2D eigenvalue weighted by molar-refractivity contribution is -0.130. The largest absolute Gasteiger partial charge is 0.356 e. The molecular weight excluding hydrogens is 232 g/mol. The summed E-state index contributed by atoms with van der Waals surface area (Å²) in [7, 11) is 0. The second-order valence-corrected chi connectivity index (χ2v) is 6.32. The van der Waals surface area contributed by atoms with E-state index in [1.54, 1.807) is 0 Å². The van der Waals surface area contributed by atoms with Gasteiger partial charge in [-0.2, -0.15) is 11.8 Å². The quantitative estimate of drug-likeness (QED) is 0.734. The summed E-state index contributed by atoms with van der Waals surface area (Å²) in [4.78, 5) is 12.3. The van der Waals surface area contributed by atoms with Crippen LogP contribution in [0, 0.1) is 5.41 Å². The van der Waals surface area contributed by atoms with Crippen molar-refractivity contribution in [3.63, 3.8) is 0 Å². The molecule has 0 saturated carbocycles. The Hall–Kier alpha value is -0.220. The van der Waals surface area contributed by atoms with Gasteiger partial charge in [0.25, 0.3) is 0 Å². The Morgan fingerprint density at radius 3 is 2.88 bits per heavy atom. The number of amides is 1. The Morgan fingerprint density at radius 2 is 2.35 bits per heavy atom. The molecule has 0 aromatic carbocycles. The predicted octanol–water partition coefficient (Wildman–Crippen LogP) is 2.02. The van der Waals surface area contributed by atoms with Crippen molar-refractivity contribution in [2.24, 2.45) is 5.41 Å². The lowest BCUT2D eigenvalue weighted by atomic mass is 9.81. The van der Waals surface area contributed by atoms with E-state index in [1.807, 2.05) is 11.8 Å². The predicted molar refractivity (Wildman–Crippen MR) is 75.4 cm³/mol. The number of carbonyl (C=O) groups excluding carboxylic acids is 1. The average molecular weight is 258 g/mol. The molecule has 0 bridgehead atoms. The van der Waals surface area contributed by atoms with Gasteiger partial charge < -0.3 is 10.6 Å². The molecule has 17 heavy (non-hydrogen) atoms. The standard InChI is InChI=1S/C13H26N2OS/c1-4-6-13(7-9-14-10-13)12(16)15-8-5-11(2)17-3/h11,14H,4-10H2,1-3H3,(H,15,16). The Labute approximate surface area is 109 Å². The summed E-state index contributed by atoms with van der Waals surface area (Å²) in [5.74, 6) is 0.262. The molecule has 2 N–H and O–H groups in total. The molecule has 1 rings (SSSR count). The molecule has 1 saturated heterocycles. The van der Waals surface area contributed by atoms with Crippen molar-refractivity contribution in [2.75, 3.05) is 25.9 Å². The Kier molecular flexibility index (Phi) is 6.34. The molecule has 4 heteroatoms. The molecule has 1 aliphatic heterocycles. The molecule has 3 nitrogen and oxygen atoms in total. The van der Waals surface area contributed by atoms with E-state index in [4.69, 9.17) is 0 Å². The topological polar surface area (TPSA) is 41.1 Å². The highest BCUT2D eigenvalue weighted by Crippen LogP contribution is 2.31. The first kappa shape index (κ1) is 14.8. The van der Waals surface area contributed by atoms with Crippen LogP contribution in [0.25, 0.3) is 0 Å². The van der Waals surface area contributed by atoms with Crippen LogP contribution in [0.1, 0.15) is 39.5 Å². The van der Waals surface area contributed by atoms with E-state index in [2.05, 4.69) is 30.7 Å². The highest BCUT2D eigenvalue weighted by atomic mass is 32.2. The van der Waals surface area contributed by atoms with Gasteiger partial charge in [0.15, 0.2) is 0 Å². The molecule has 1 aliphatic rings. The van der Waals surface area contributed by atoms with Crippen LogP contribution < -0.4 is 10.6 Å². The number of nitrogens with one attached hydrogen (secondary N) is 2.